The molecule has 19 heavy (non-hydrogen) atoms. The van der Waals surface area contributed by atoms with Crippen LogP contribution in [-0.4, -0.2) is 19.0 Å². The van der Waals surface area contributed by atoms with Gasteiger partial charge in [0.1, 0.15) is 5.82 Å². The van der Waals surface area contributed by atoms with Crippen LogP contribution < -0.4 is 10.6 Å². The van der Waals surface area contributed by atoms with Crippen molar-refractivity contribution in [2.75, 3.05) is 13.1 Å². The minimum atomic E-state index is -0.347. The summed E-state index contributed by atoms with van der Waals surface area (Å²) in [6.45, 7) is 3.85. The Morgan fingerprint density at radius 2 is 2.32 bits per heavy atom. The molecule has 1 fully saturated rings. The van der Waals surface area contributed by atoms with Gasteiger partial charge >= 0.3 is 0 Å². The number of rotatable bonds is 3. The van der Waals surface area contributed by atoms with Gasteiger partial charge in [0.15, 0.2) is 0 Å². The maximum Gasteiger partial charge on any atom is 0.227 e. The lowest BCUT2D eigenvalue weighted by atomic mass is 9.89. The van der Waals surface area contributed by atoms with E-state index in [1.807, 2.05) is 6.92 Å². The summed E-state index contributed by atoms with van der Waals surface area (Å²) in [6.07, 6.45) is 0.836. The van der Waals surface area contributed by atoms with Gasteiger partial charge in [-0.2, -0.15) is 0 Å². The smallest absolute Gasteiger partial charge is 0.227 e. The molecule has 6 heteroatoms. The van der Waals surface area contributed by atoms with Gasteiger partial charge in [0, 0.05) is 17.6 Å². The standard InChI is InChI=1S/C13H16BrFN2O.ClH/c1-13(4-5-16-8-13)12(18)17-7-9-6-10(15)2-3-11(9)14;/h2-3,6,16H,4-5,7-8H2,1H3,(H,17,18);1H. The summed E-state index contributed by atoms with van der Waals surface area (Å²) < 4.78 is 13.9. The van der Waals surface area contributed by atoms with Crippen LogP contribution >= 0.6 is 28.3 Å². The van der Waals surface area contributed by atoms with Gasteiger partial charge in [-0.1, -0.05) is 15.9 Å². The second-order valence-corrected chi connectivity index (χ2v) is 5.76. The molecule has 1 aromatic carbocycles. The first-order valence-corrected chi connectivity index (χ1v) is 6.73. The van der Waals surface area contributed by atoms with Crippen LogP contribution in [0.15, 0.2) is 22.7 Å². The molecule has 1 unspecified atom stereocenters. The highest BCUT2D eigenvalue weighted by Gasteiger charge is 2.35. The van der Waals surface area contributed by atoms with Crippen molar-refractivity contribution in [1.82, 2.24) is 10.6 Å². The van der Waals surface area contributed by atoms with Crippen molar-refractivity contribution in [2.45, 2.75) is 19.9 Å². The molecule has 1 heterocycles. The number of benzene rings is 1. The quantitative estimate of drug-likeness (QED) is 0.879. The first-order chi connectivity index (χ1) is 8.51. The van der Waals surface area contributed by atoms with Gasteiger partial charge in [-0.3, -0.25) is 4.79 Å². The number of nitrogens with one attached hydrogen (secondary N) is 2. The number of halogens is 3. The van der Waals surface area contributed by atoms with Gasteiger partial charge in [0.05, 0.1) is 5.41 Å². The molecule has 2 N–H and O–H groups in total. The maximum absolute atomic E-state index is 13.1. The minimum Gasteiger partial charge on any atom is -0.351 e. The summed E-state index contributed by atoms with van der Waals surface area (Å²) in [6, 6.07) is 4.47. The molecular formula is C13H17BrClFN2O. The Morgan fingerprint density at radius 3 is 2.95 bits per heavy atom. The van der Waals surface area contributed by atoms with Gasteiger partial charge in [0.25, 0.3) is 0 Å². The lowest BCUT2D eigenvalue weighted by Gasteiger charge is -2.21. The van der Waals surface area contributed by atoms with Crippen LogP contribution in [0.1, 0.15) is 18.9 Å². The van der Waals surface area contributed by atoms with Crippen molar-refractivity contribution in [1.29, 1.82) is 0 Å². The Labute approximate surface area is 126 Å². The largest absolute Gasteiger partial charge is 0.351 e. The zero-order chi connectivity index (χ0) is 13.2. The predicted octanol–water partition coefficient (Wildman–Crippen LogP) is 2.63. The fourth-order valence-corrected chi connectivity index (χ4v) is 2.47. The van der Waals surface area contributed by atoms with E-state index < -0.39 is 0 Å². The number of hydrogen-bond donors (Lipinski definition) is 2. The van der Waals surface area contributed by atoms with Crippen LogP contribution in [0.25, 0.3) is 0 Å². The summed E-state index contributed by atoms with van der Waals surface area (Å²) in [4.78, 5) is 12.1. The third-order valence-electron chi connectivity index (χ3n) is 3.36. The molecule has 0 spiro atoms. The average Bonchev–Trinajstić information content (AvgIpc) is 2.78. The van der Waals surface area contributed by atoms with Gasteiger partial charge in [0.2, 0.25) is 5.91 Å². The maximum atomic E-state index is 13.1. The first kappa shape index (κ1) is 16.4. The molecule has 1 aromatic rings. The van der Waals surface area contributed by atoms with Crippen LogP contribution in [0.5, 0.6) is 0 Å². The van der Waals surface area contributed by atoms with E-state index in [2.05, 4.69) is 26.6 Å². The van der Waals surface area contributed by atoms with Crippen molar-refractivity contribution < 1.29 is 9.18 Å². The van der Waals surface area contributed by atoms with E-state index in [9.17, 15) is 9.18 Å². The van der Waals surface area contributed by atoms with Gasteiger partial charge in [-0.25, -0.2) is 4.39 Å². The molecule has 2 rings (SSSR count). The molecule has 1 aliphatic rings. The van der Waals surface area contributed by atoms with Crippen molar-refractivity contribution in [2.24, 2.45) is 5.41 Å². The van der Waals surface area contributed by atoms with E-state index in [0.717, 1.165) is 23.0 Å². The molecule has 0 radical (unpaired) electrons. The second kappa shape index (κ2) is 6.68. The Kier molecular flexibility index (Phi) is 5.77. The molecule has 1 saturated heterocycles. The second-order valence-electron chi connectivity index (χ2n) is 4.91. The van der Waals surface area contributed by atoms with E-state index in [4.69, 9.17) is 0 Å². The molecule has 1 atom stereocenters. The molecule has 0 aromatic heterocycles. The Balaban J connectivity index is 0.00000180. The van der Waals surface area contributed by atoms with Gasteiger partial charge in [-0.15, -0.1) is 12.4 Å². The van der Waals surface area contributed by atoms with E-state index >= 15 is 0 Å². The van der Waals surface area contributed by atoms with E-state index in [0.29, 0.717) is 13.1 Å². The lowest BCUT2D eigenvalue weighted by molar-refractivity contribution is -0.129. The highest BCUT2D eigenvalue weighted by molar-refractivity contribution is 9.10. The Bertz CT molecular complexity index is 464. The summed E-state index contributed by atoms with van der Waals surface area (Å²) in [5, 5.41) is 6.06. The monoisotopic (exact) mass is 350 g/mol. The van der Waals surface area contributed by atoms with E-state index in [1.165, 1.54) is 12.1 Å². The van der Waals surface area contributed by atoms with Gasteiger partial charge in [-0.05, 0) is 43.7 Å². The lowest BCUT2D eigenvalue weighted by Crippen LogP contribution is -2.40. The normalized spacial score (nSPS) is 21.8. The number of carbonyl (C=O) groups is 1. The first-order valence-electron chi connectivity index (χ1n) is 5.94. The van der Waals surface area contributed by atoms with Gasteiger partial charge < -0.3 is 10.6 Å². The number of amides is 1. The fraction of sp³-hybridized carbons (Fsp3) is 0.462. The predicted molar refractivity (Wildman–Crippen MR) is 78.8 cm³/mol. The topological polar surface area (TPSA) is 41.1 Å². The third-order valence-corrected chi connectivity index (χ3v) is 4.14. The molecular weight excluding hydrogens is 335 g/mol. The minimum absolute atomic E-state index is 0. The number of carbonyl (C=O) groups excluding carboxylic acids is 1. The Morgan fingerprint density at radius 1 is 1.58 bits per heavy atom. The zero-order valence-electron chi connectivity index (χ0n) is 10.6. The molecule has 1 aliphatic heterocycles. The van der Waals surface area contributed by atoms with Crippen molar-refractivity contribution in [3.63, 3.8) is 0 Å². The third kappa shape index (κ3) is 3.91. The highest BCUT2D eigenvalue weighted by atomic mass is 79.9. The van der Waals surface area contributed by atoms with E-state index in [1.54, 1.807) is 6.07 Å². The fourth-order valence-electron chi connectivity index (χ4n) is 2.08. The number of hydrogen-bond acceptors (Lipinski definition) is 2. The molecule has 3 nitrogen and oxygen atoms in total. The van der Waals surface area contributed by atoms with Crippen LogP contribution in [0.4, 0.5) is 4.39 Å². The molecule has 0 bridgehead atoms. The van der Waals surface area contributed by atoms with Crippen LogP contribution in [0.3, 0.4) is 0 Å². The van der Waals surface area contributed by atoms with Crippen LogP contribution in [0.2, 0.25) is 0 Å². The summed E-state index contributed by atoms with van der Waals surface area (Å²) in [5.74, 6) is -0.278. The molecule has 1 amide bonds. The van der Waals surface area contributed by atoms with E-state index in [-0.39, 0.29) is 29.5 Å². The SMILES string of the molecule is CC1(C(=O)NCc2cc(F)ccc2Br)CCNC1.Cl. The highest BCUT2D eigenvalue weighted by Crippen LogP contribution is 2.25. The van der Waals surface area contributed by atoms with Crippen molar-refractivity contribution in [3.05, 3.63) is 34.1 Å². The molecule has 106 valence electrons. The molecule has 0 aliphatic carbocycles. The summed E-state index contributed by atoms with van der Waals surface area (Å²) in [5.41, 5.74) is 0.401. The average molecular weight is 352 g/mol. The van der Waals surface area contributed by atoms with Crippen LogP contribution in [0, 0.1) is 11.2 Å². The summed E-state index contributed by atoms with van der Waals surface area (Å²) >= 11 is 3.35. The van der Waals surface area contributed by atoms with Crippen molar-refractivity contribution in [3.8, 4) is 0 Å². The zero-order valence-corrected chi connectivity index (χ0v) is 13.0. The van der Waals surface area contributed by atoms with Crippen LogP contribution in [-0.2, 0) is 11.3 Å². The molecule has 0 saturated carbocycles. The van der Waals surface area contributed by atoms with Crippen molar-refractivity contribution >= 4 is 34.2 Å². The summed E-state index contributed by atoms with van der Waals surface area (Å²) in [7, 11) is 0. The Hall–Kier alpha value is -0.650.